The number of hydrogen-bond acceptors (Lipinski definition) is 7. The Kier molecular flexibility index (Phi) is 4.87. The number of cyclic esters (lactones) is 1. The van der Waals surface area contributed by atoms with Crippen LogP contribution in [0.5, 0.6) is 5.88 Å². The molecule has 1 amide bonds. The van der Waals surface area contributed by atoms with Crippen LogP contribution >= 0.6 is 0 Å². The number of rotatable bonds is 5. The van der Waals surface area contributed by atoms with Gasteiger partial charge < -0.3 is 18.9 Å². The number of hydrogen-bond donors (Lipinski definition) is 0. The molecule has 1 atom stereocenters. The lowest BCUT2D eigenvalue weighted by Crippen LogP contribution is -2.29. The maximum atomic E-state index is 14.7. The van der Waals surface area contributed by atoms with Crippen LogP contribution in [0, 0.1) is 17.5 Å². The largest absolute Gasteiger partial charge is 0.471 e. The lowest BCUT2D eigenvalue weighted by molar-refractivity contribution is -0.114. The molecule has 0 spiro atoms. The number of carbonyl (C=O) groups is 2. The van der Waals surface area contributed by atoms with E-state index in [9.17, 15) is 22.8 Å². The summed E-state index contributed by atoms with van der Waals surface area (Å²) in [6.07, 6.45) is 1.91. The van der Waals surface area contributed by atoms with Crippen molar-refractivity contribution in [1.82, 2.24) is 5.16 Å². The topological polar surface area (TPSA) is 85.1 Å². The Bertz CT molecular complexity index is 980. The van der Waals surface area contributed by atoms with Gasteiger partial charge in [-0.05, 0) is 11.2 Å². The van der Waals surface area contributed by atoms with Crippen molar-refractivity contribution in [3.05, 3.63) is 48.1 Å². The summed E-state index contributed by atoms with van der Waals surface area (Å²) in [6.45, 7) is -0.273. The molecule has 3 heterocycles. The van der Waals surface area contributed by atoms with Gasteiger partial charge in [0.25, 0.3) is 5.88 Å². The van der Waals surface area contributed by atoms with E-state index in [1.807, 2.05) is 0 Å². The van der Waals surface area contributed by atoms with E-state index in [0.717, 1.165) is 21.9 Å². The van der Waals surface area contributed by atoms with Gasteiger partial charge >= 0.3 is 6.09 Å². The van der Waals surface area contributed by atoms with Crippen molar-refractivity contribution in [3.63, 3.8) is 0 Å². The minimum absolute atomic E-state index is 0.00910. The zero-order chi connectivity index (χ0) is 20.5. The second kappa shape index (κ2) is 7.49. The third kappa shape index (κ3) is 3.62. The smallest absolute Gasteiger partial charge is 0.414 e. The molecule has 1 fully saturated rings. The fourth-order valence-electron chi connectivity index (χ4n) is 3.04. The molecule has 1 saturated heterocycles. The van der Waals surface area contributed by atoms with Crippen molar-refractivity contribution >= 4 is 23.3 Å². The normalized spacial score (nSPS) is 19.1. The Hall–Kier alpha value is -3.50. The third-order valence-corrected chi connectivity index (χ3v) is 4.44. The van der Waals surface area contributed by atoms with Crippen LogP contribution in [-0.2, 0) is 9.53 Å². The summed E-state index contributed by atoms with van der Waals surface area (Å²) in [5.41, 5.74) is -1.22. The Balaban J connectivity index is 1.54. The van der Waals surface area contributed by atoms with Gasteiger partial charge in [-0.1, -0.05) is 0 Å². The summed E-state index contributed by atoms with van der Waals surface area (Å²) < 4.78 is 58.8. The van der Waals surface area contributed by atoms with Crippen LogP contribution in [0.4, 0.5) is 29.3 Å². The van der Waals surface area contributed by atoms with Crippen molar-refractivity contribution in [1.29, 1.82) is 0 Å². The van der Waals surface area contributed by atoms with Gasteiger partial charge in [0, 0.05) is 31.3 Å². The molecule has 8 nitrogen and oxygen atoms in total. The number of anilines is 2. The first kappa shape index (κ1) is 18.8. The van der Waals surface area contributed by atoms with E-state index >= 15 is 0 Å². The van der Waals surface area contributed by atoms with Crippen molar-refractivity contribution in [2.45, 2.75) is 12.5 Å². The minimum atomic E-state index is -1.46. The van der Waals surface area contributed by atoms with Crippen LogP contribution in [0.3, 0.4) is 0 Å². The maximum absolute atomic E-state index is 14.7. The number of benzene rings is 1. The number of allylic oxidation sites excluding steroid dienone is 1. The van der Waals surface area contributed by atoms with E-state index in [-0.39, 0.29) is 37.8 Å². The van der Waals surface area contributed by atoms with Gasteiger partial charge in [0.15, 0.2) is 29.3 Å². The average Bonchev–Trinajstić information content (AvgIpc) is 3.34. The summed E-state index contributed by atoms with van der Waals surface area (Å²) in [7, 11) is 0. The number of ketones is 1. The molecule has 0 saturated carbocycles. The molecular formula is C18H14F3N3O5. The number of nitrogens with zero attached hydrogens (tertiary/aromatic N) is 3. The molecule has 11 heteroatoms. The average molecular weight is 409 g/mol. The van der Waals surface area contributed by atoms with Gasteiger partial charge in [-0.3, -0.25) is 9.69 Å². The number of halogens is 3. The lowest BCUT2D eigenvalue weighted by Gasteiger charge is -2.25. The molecule has 4 rings (SSSR count). The second-order valence-electron chi connectivity index (χ2n) is 6.34. The van der Waals surface area contributed by atoms with E-state index in [0.29, 0.717) is 0 Å². The van der Waals surface area contributed by atoms with E-state index in [4.69, 9.17) is 9.47 Å². The van der Waals surface area contributed by atoms with Crippen LogP contribution in [-0.4, -0.2) is 42.8 Å². The highest BCUT2D eigenvalue weighted by atomic mass is 19.2. The van der Waals surface area contributed by atoms with Crippen LogP contribution in [0.2, 0.25) is 0 Å². The first-order valence-electron chi connectivity index (χ1n) is 8.60. The van der Waals surface area contributed by atoms with Gasteiger partial charge in [-0.2, -0.15) is 0 Å². The molecule has 152 valence electrons. The highest BCUT2D eigenvalue weighted by Crippen LogP contribution is 2.35. The molecule has 1 aromatic carbocycles. The monoisotopic (exact) mass is 409 g/mol. The summed E-state index contributed by atoms with van der Waals surface area (Å²) in [6, 6.07) is 2.17. The van der Waals surface area contributed by atoms with Gasteiger partial charge in [-0.25, -0.2) is 18.0 Å². The molecule has 2 aliphatic heterocycles. The van der Waals surface area contributed by atoms with E-state index < -0.39 is 41.0 Å². The second-order valence-corrected chi connectivity index (χ2v) is 6.34. The van der Waals surface area contributed by atoms with Gasteiger partial charge in [-0.15, -0.1) is 0 Å². The quantitative estimate of drug-likeness (QED) is 0.702. The van der Waals surface area contributed by atoms with Crippen molar-refractivity contribution in [2.24, 2.45) is 0 Å². The maximum Gasteiger partial charge on any atom is 0.414 e. The van der Waals surface area contributed by atoms with E-state index in [2.05, 4.69) is 9.68 Å². The summed E-state index contributed by atoms with van der Waals surface area (Å²) in [5, 5.41) is 3.53. The molecule has 0 bridgehead atoms. The van der Waals surface area contributed by atoms with Crippen molar-refractivity contribution in [3.8, 4) is 5.88 Å². The fraction of sp³-hybridized carbons (Fsp3) is 0.278. The predicted octanol–water partition coefficient (Wildman–Crippen LogP) is 2.79. The summed E-state index contributed by atoms with van der Waals surface area (Å²) >= 11 is 0. The predicted molar refractivity (Wildman–Crippen MR) is 92.0 cm³/mol. The Morgan fingerprint density at radius 1 is 1.24 bits per heavy atom. The van der Waals surface area contributed by atoms with Gasteiger partial charge in [0.2, 0.25) is 0 Å². The molecule has 0 unspecified atom stereocenters. The van der Waals surface area contributed by atoms with Crippen LogP contribution in [0.15, 0.2) is 35.2 Å². The molecule has 2 aliphatic rings. The number of ether oxygens (including phenoxy) is 2. The summed E-state index contributed by atoms with van der Waals surface area (Å²) in [4.78, 5) is 25.2. The van der Waals surface area contributed by atoms with E-state index in [1.54, 1.807) is 0 Å². The number of carbonyl (C=O) groups excluding carboxylic acids is 2. The molecule has 0 radical (unpaired) electrons. The Morgan fingerprint density at radius 2 is 2.07 bits per heavy atom. The third-order valence-electron chi connectivity index (χ3n) is 4.44. The van der Waals surface area contributed by atoms with Crippen LogP contribution in [0.25, 0.3) is 0 Å². The molecule has 0 N–H and O–H groups in total. The Morgan fingerprint density at radius 3 is 2.76 bits per heavy atom. The first-order chi connectivity index (χ1) is 13.9. The molecule has 2 aromatic rings. The highest BCUT2D eigenvalue weighted by Gasteiger charge is 2.37. The molecule has 1 aromatic heterocycles. The first-order valence-corrected chi connectivity index (χ1v) is 8.60. The highest BCUT2D eigenvalue weighted by molar-refractivity contribution is 5.92. The summed E-state index contributed by atoms with van der Waals surface area (Å²) in [5.74, 6) is -3.97. The zero-order valence-corrected chi connectivity index (χ0v) is 14.8. The van der Waals surface area contributed by atoms with Crippen molar-refractivity contribution < 1.29 is 36.8 Å². The minimum Gasteiger partial charge on any atom is -0.471 e. The van der Waals surface area contributed by atoms with Crippen LogP contribution < -0.4 is 14.5 Å². The van der Waals surface area contributed by atoms with Crippen LogP contribution in [0.1, 0.15) is 6.42 Å². The van der Waals surface area contributed by atoms with Crippen molar-refractivity contribution in [2.75, 3.05) is 29.5 Å². The lowest BCUT2D eigenvalue weighted by atomic mass is 10.1. The number of aromatic nitrogens is 1. The zero-order valence-electron chi connectivity index (χ0n) is 14.8. The number of amides is 1. The van der Waals surface area contributed by atoms with E-state index in [1.165, 1.54) is 18.5 Å². The standard InChI is InChI=1S/C18H14F3N3O5/c19-12-7-13(15(20)16(21)17(12)23-4-1-10(25)2-5-23)24-8-11(29-18(24)26)9-27-14-3-6-28-22-14/h1,3-4,6-7,11H,2,5,8-9H2/t11-/m1/s1. The van der Waals surface area contributed by atoms with Gasteiger partial charge in [0.1, 0.15) is 18.6 Å². The van der Waals surface area contributed by atoms with Gasteiger partial charge in [0.05, 0.1) is 12.2 Å². The molecule has 29 heavy (non-hydrogen) atoms. The molecule has 0 aliphatic carbocycles. The molecular weight excluding hydrogens is 395 g/mol. The SMILES string of the molecule is O=C1C=CN(c2c(F)cc(N3C[C@H](COc4ccon4)OC3=O)c(F)c2F)CC1. The Labute approximate surface area is 162 Å². The fourth-order valence-corrected chi connectivity index (χ4v) is 3.04.